The molecule has 1 unspecified atom stereocenters. The van der Waals surface area contributed by atoms with Crippen LogP contribution in [0.4, 0.5) is 0 Å². The molecule has 1 amide bonds. The number of carbonyl (C=O) groups is 1. The highest BCUT2D eigenvalue weighted by Gasteiger charge is 2.24. The summed E-state index contributed by atoms with van der Waals surface area (Å²) in [6.45, 7) is 5.36. The number of likely N-dealkylation sites (tertiary alicyclic amines) is 1. The Bertz CT molecular complexity index is 1170. The van der Waals surface area contributed by atoms with Gasteiger partial charge in [0.25, 0.3) is 5.56 Å². The summed E-state index contributed by atoms with van der Waals surface area (Å²) in [5.41, 5.74) is 2.07. The zero-order chi connectivity index (χ0) is 21.4. The molecule has 7 nitrogen and oxygen atoms in total. The summed E-state index contributed by atoms with van der Waals surface area (Å²) in [6, 6.07) is 6.02. The predicted octanol–water partition coefficient (Wildman–Crippen LogP) is 3.41. The van der Waals surface area contributed by atoms with Crippen LogP contribution < -0.4 is 10.3 Å². The summed E-state index contributed by atoms with van der Waals surface area (Å²) in [5.74, 6) is 1.12. The third-order valence-electron chi connectivity index (χ3n) is 6.03. The number of benzene rings is 1. The second-order valence-corrected chi connectivity index (χ2v) is 8.75. The Balaban J connectivity index is 1.75. The average Bonchev–Trinajstić information content (AvgIpc) is 3.04. The van der Waals surface area contributed by atoms with Gasteiger partial charge in [-0.1, -0.05) is 11.8 Å². The number of aromatic nitrogens is 3. The molecule has 1 aliphatic rings. The number of thioether (sulfide) groups is 1. The minimum atomic E-state index is -0.0820. The van der Waals surface area contributed by atoms with Gasteiger partial charge in [-0.15, -0.1) is 0 Å². The zero-order valence-electron chi connectivity index (χ0n) is 18.0. The Morgan fingerprint density at radius 2 is 2.13 bits per heavy atom. The van der Waals surface area contributed by atoms with Gasteiger partial charge < -0.3 is 14.2 Å². The number of methoxy groups -OCH3 is 1. The van der Waals surface area contributed by atoms with Crippen LogP contribution in [0.2, 0.25) is 0 Å². The summed E-state index contributed by atoms with van der Waals surface area (Å²) < 4.78 is 8.92. The van der Waals surface area contributed by atoms with Gasteiger partial charge in [0.2, 0.25) is 5.91 Å². The van der Waals surface area contributed by atoms with E-state index in [9.17, 15) is 9.59 Å². The van der Waals surface area contributed by atoms with E-state index in [0.29, 0.717) is 22.7 Å². The lowest BCUT2D eigenvalue weighted by Gasteiger charge is -2.33. The second-order valence-electron chi connectivity index (χ2n) is 7.80. The monoisotopic (exact) mass is 428 g/mol. The summed E-state index contributed by atoms with van der Waals surface area (Å²) in [4.78, 5) is 32.9. The lowest BCUT2D eigenvalue weighted by Crippen LogP contribution is -2.43. The number of fused-ring (bicyclic) bond motifs is 3. The van der Waals surface area contributed by atoms with Gasteiger partial charge in [-0.05, 0) is 51.3 Å². The van der Waals surface area contributed by atoms with E-state index in [-0.39, 0.29) is 23.3 Å². The van der Waals surface area contributed by atoms with Crippen LogP contribution in [0.5, 0.6) is 5.75 Å². The molecule has 8 heteroatoms. The maximum absolute atomic E-state index is 13.3. The normalized spacial score (nSPS) is 17.1. The van der Waals surface area contributed by atoms with Gasteiger partial charge in [0, 0.05) is 31.6 Å². The molecule has 2 aromatic heterocycles. The molecule has 3 aromatic rings. The highest BCUT2D eigenvalue weighted by molar-refractivity contribution is 7.99. The van der Waals surface area contributed by atoms with Crippen molar-refractivity contribution >= 4 is 39.6 Å². The van der Waals surface area contributed by atoms with Crippen LogP contribution in [0.1, 0.15) is 33.1 Å². The van der Waals surface area contributed by atoms with Crippen molar-refractivity contribution < 1.29 is 9.53 Å². The first kappa shape index (κ1) is 20.8. The van der Waals surface area contributed by atoms with E-state index in [1.54, 1.807) is 11.7 Å². The van der Waals surface area contributed by atoms with Crippen LogP contribution in [0.15, 0.2) is 28.2 Å². The van der Waals surface area contributed by atoms with Crippen molar-refractivity contribution in [2.45, 2.75) is 50.9 Å². The molecular weight excluding hydrogens is 400 g/mol. The molecule has 1 atom stereocenters. The maximum Gasteiger partial charge on any atom is 0.278 e. The van der Waals surface area contributed by atoms with Crippen molar-refractivity contribution in [1.29, 1.82) is 0 Å². The quantitative estimate of drug-likeness (QED) is 0.460. The Hall–Kier alpha value is -2.48. The minimum absolute atomic E-state index is 0.0820. The van der Waals surface area contributed by atoms with Crippen LogP contribution in [0.3, 0.4) is 0 Å². The zero-order valence-corrected chi connectivity index (χ0v) is 18.8. The summed E-state index contributed by atoms with van der Waals surface area (Å²) in [5, 5.41) is 1.47. The molecule has 1 aromatic carbocycles. The average molecular weight is 429 g/mol. The minimum Gasteiger partial charge on any atom is -0.497 e. The smallest absolute Gasteiger partial charge is 0.278 e. The molecule has 3 heterocycles. The third-order valence-corrected chi connectivity index (χ3v) is 6.99. The molecule has 30 heavy (non-hydrogen) atoms. The fourth-order valence-corrected chi connectivity index (χ4v) is 5.27. The number of hydrogen-bond acceptors (Lipinski definition) is 5. The van der Waals surface area contributed by atoms with Gasteiger partial charge in [-0.25, -0.2) is 4.98 Å². The number of amides is 1. The fraction of sp³-hybridized carbons (Fsp3) is 0.500. The van der Waals surface area contributed by atoms with Crippen LogP contribution >= 0.6 is 11.8 Å². The number of aryl methyl sites for hydroxylation is 1. The first-order chi connectivity index (χ1) is 14.5. The molecule has 0 bridgehead atoms. The van der Waals surface area contributed by atoms with E-state index < -0.39 is 0 Å². The van der Waals surface area contributed by atoms with E-state index in [2.05, 4.69) is 6.92 Å². The number of piperidine rings is 1. The first-order valence-electron chi connectivity index (χ1n) is 10.5. The van der Waals surface area contributed by atoms with Crippen molar-refractivity contribution in [1.82, 2.24) is 19.0 Å². The van der Waals surface area contributed by atoms with Crippen LogP contribution in [0.25, 0.3) is 21.9 Å². The highest BCUT2D eigenvalue weighted by atomic mass is 32.2. The fourth-order valence-electron chi connectivity index (χ4n) is 4.33. The van der Waals surface area contributed by atoms with Crippen molar-refractivity contribution in [3.63, 3.8) is 0 Å². The maximum atomic E-state index is 13.3. The molecule has 1 fully saturated rings. The third kappa shape index (κ3) is 3.47. The largest absolute Gasteiger partial charge is 0.497 e. The van der Waals surface area contributed by atoms with Crippen molar-refractivity contribution in [3.8, 4) is 5.75 Å². The molecule has 0 N–H and O–H groups in total. The number of ether oxygens (including phenoxy) is 1. The van der Waals surface area contributed by atoms with Gasteiger partial charge in [-0.3, -0.25) is 14.2 Å². The highest BCUT2D eigenvalue weighted by Crippen LogP contribution is 2.30. The van der Waals surface area contributed by atoms with Gasteiger partial charge in [0.05, 0.1) is 18.4 Å². The Morgan fingerprint density at radius 1 is 1.33 bits per heavy atom. The van der Waals surface area contributed by atoms with Crippen LogP contribution in [0, 0.1) is 0 Å². The lowest BCUT2D eigenvalue weighted by molar-refractivity contribution is -0.131. The Labute approximate surface area is 180 Å². The molecule has 0 aliphatic carbocycles. The molecular formula is C22H28N4O3S. The van der Waals surface area contributed by atoms with Gasteiger partial charge >= 0.3 is 0 Å². The molecule has 0 radical (unpaired) electrons. The van der Waals surface area contributed by atoms with Crippen molar-refractivity contribution in [3.05, 3.63) is 28.6 Å². The van der Waals surface area contributed by atoms with Gasteiger partial charge in [0.15, 0.2) is 5.16 Å². The lowest BCUT2D eigenvalue weighted by atomic mass is 10.0. The summed E-state index contributed by atoms with van der Waals surface area (Å²) in [6.07, 6.45) is 3.29. The second kappa shape index (κ2) is 8.34. The molecule has 0 saturated carbocycles. The Kier molecular flexibility index (Phi) is 5.77. The van der Waals surface area contributed by atoms with Crippen molar-refractivity contribution in [2.75, 3.05) is 19.4 Å². The summed E-state index contributed by atoms with van der Waals surface area (Å²) >= 11 is 1.35. The van der Waals surface area contributed by atoms with Gasteiger partial charge in [0.1, 0.15) is 16.8 Å². The van der Waals surface area contributed by atoms with E-state index in [0.717, 1.165) is 36.0 Å². The predicted molar refractivity (Wildman–Crippen MR) is 120 cm³/mol. The van der Waals surface area contributed by atoms with E-state index >= 15 is 0 Å². The standard InChI is InChI=1S/C22H28N4O3S/c1-5-25-21(28)20-19(16-12-15(29-4)9-10-17(16)24(20)3)23-22(25)30-13-18(27)26-11-7-6-8-14(26)2/h9-10,12,14H,5-8,11,13H2,1-4H3. The Morgan fingerprint density at radius 3 is 2.83 bits per heavy atom. The number of carbonyl (C=O) groups excluding carboxylic acids is 1. The van der Waals surface area contributed by atoms with Gasteiger partial charge in [-0.2, -0.15) is 0 Å². The van der Waals surface area contributed by atoms with Crippen LogP contribution in [-0.2, 0) is 18.4 Å². The van der Waals surface area contributed by atoms with Crippen molar-refractivity contribution in [2.24, 2.45) is 7.05 Å². The van der Waals surface area contributed by atoms with E-state index in [4.69, 9.17) is 9.72 Å². The molecule has 0 spiro atoms. The molecule has 160 valence electrons. The molecule has 1 aliphatic heterocycles. The topological polar surface area (TPSA) is 69.4 Å². The number of rotatable bonds is 5. The summed E-state index contributed by atoms with van der Waals surface area (Å²) in [7, 11) is 3.51. The van der Waals surface area contributed by atoms with E-state index in [1.807, 2.05) is 41.6 Å². The molecule has 1 saturated heterocycles. The number of hydrogen-bond donors (Lipinski definition) is 0. The van der Waals surface area contributed by atoms with E-state index in [1.165, 1.54) is 18.2 Å². The number of nitrogens with zero attached hydrogens (tertiary/aromatic N) is 4. The molecule has 4 rings (SSSR count). The van der Waals surface area contributed by atoms with Crippen LogP contribution in [-0.4, -0.2) is 50.4 Å². The first-order valence-corrected chi connectivity index (χ1v) is 11.4. The SMILES string of the molecule is CCn1c(SCC(=O)N2CCCCC2C)nc2c3cc(OC)ccc3n(C)c2c1=O.